The summed E-state index contributed by atoms with van der Waals surface area (Å²) in [5.74, 6) is 0.662. The third-order valence-electron chi connectivity index (χ3n) is 1.33. The van der Waals surface area contributed by atoms with Crippen molar-refractivity contribution in [1.29, 1.82) is 0 Å². The highest BCUT2D eigenvalue weighted by molar-refractivity contribution is 8.01. The first kappa shape index (κ1) is 10.8. The average molecular weight is 218 g/mol. The van der Waals surface area contributed by atoms with E-state index in [1.54, 1.807) is 25.6 Å². The summed E-state index contributed by atoms with van der Waals surface area (Å²) >= 11 is 3.07. The first-order valence-electron chi connectivity index (χ1n) is 3.96. The molecule has 0 bridgehead atoms. The minimum absolute atomic E-state index is 0.593. The van der Waals surface area contributed by atoms with Crippen LogP contribution in [0, 0.1) is 6.92 Å². The topological polar surface area (TPSA) is 59.1 Å². The van der Waals surface area contributed by atoms with Gasteiger partial charge in [-0.15, -0.1) is 11.8 Å². The molecule has 13 heavy (non-hydrogen) atoms. The van der Waals surface area contributed by atoms with Crippen LogP contribution >= 0.6 is 23.1 Å². The number of nitrogens with two attached hydrogens (primary N) is 1. The fourth-order valence-corrected chi connectivity index (χ4v) is 2.75. The lowest BCUT2D eigenvalue weighted by atomic mass is 10.2. The third-order valence-corrected chi connectivity index (χ3v) is 4.12. The molecule has 0 aliphatic rings. The number of rotatable bonds is 3. The molecule has 1 heterocycles. The number of aryl methyl sites for hydroxylation is 1. The molecule has 0 aliphatic carbocycles. The summed E-state index contributed by atoms with van der Waals surface area (Å²) in [4.78, 5) is 4.11. The zero-order chi connectivity index (χ0) is 10.1. The van der Waals surface area contributed by atoms with E-state index < -0.39 is 5.60 Å². The number of hydrogen-bond donors (Lipinski definition) is 2. The standard InChI is InChI=1S/C8H14N2OS2/c1-5-6(13-7(9)10-5)12-4-8(2,3)11/h11H,4H2,1-3H3,(H2,9,10). The van der Waals surface area contributed by atoms with E-state index in [0.717, 1.165) is 9.90 Å². The van der Waals surface area contributed by atoms with Gasteiger partial charge in [0.2, 0.25) is 0 Å². The van der Waals surface area contributed by atoms with Crippen LogP contribution in [0.1, 0.15) is 19.5 Å². The van der Waals surface area contributed by atoms with Crippen molar-refractivity contribution in [1.82, 2.24) is 4.98 Å². The molecule has 3 nitrogen and oxygen atoms in total. The van der Waals surface area contributed by atoms with Gasteiger partial charge in [-0.3, -0.25) is 0 Å². The number of hydrogen-bond acceptors (Lipinski definition) is 5. The number of nitrogen functional groups attached to an aromatic ring is 1. The SMILES string of the molecule is Cc1nc(N)sc1SCC(C)(C)O. The Labute approximate surface area is 86.4 Å². The van der Waals surface area contributed by atoms with E-state index in [4.69, 9.17) is 5.73 Å². The molecule has 74 valence electrons. The van der Waals surface area contributed by atoms with Crippen LogP contribution in [-0.4, -0.2) is 21.4 Å². The van der Waals surface area contributed by atoms with E-state index in [1.165, 1.54) is 11.3 Å². The van der Waals surface area contributed by atoms with Gasteiger partial charge >= 0.3 is 0 Å². The normalized spacial score (nSPS) is 12.0. The Kier molecular flexibility index (Phi) is 3.21. The molecule has 0 fully saturated rings. The Balaban J connectivity index is 2.59. The van der Waals surface area contributed by atoms with Gasteiger partial charge in [0.15, 0.2) is 5.13 Å². The minimum Gasteiger partial charge on any atom is -0.390 e. The summed E-state index contributed by atoms with van der Waals surface area (Å²) in [5, 5.41) is 10.1. The van der Waals surface area contributed by atoms with Gasteiger partial charge in [0.25, 0.3) is 0 Å². The Bertz CT molecular complexity index is 291. The Morgan fingerprint density at radius 2 is 2.23 bits per heavy atom. The Morgan fingerprint density at radius 1 is 1.62 bits per heavy atom. The second-order valence-corrected chi connectivity index (χ2v) is 5.80. The highest BCUT2D eigenvalue weighted by atomic mass is 32.2. The maximum atomic E-state index is 9.51. The van der Waals surface area contributed by atoms with Crippen molar-refractivity contribution in [3.8, 4) is 0 Å². The van der Waals surface area contributed by atoms with E-state index in [2.05, 4.69) is 4.98 Å². The van der Waals surface area contributed by atoms with E-state index in [9.17, 15) is 5.11 Å². The van der Waals surface area contributed by atoms with Gasteiger partial charge in [-0.25, -0.2) is 4.98 Å². The predicted molar refractivity (Wildman–Crippen MR) is 58.3 cm³/mol. The second kappa shape index (κ2) is 3.86. The number of nitrogens with zero attached hydrogens (tertiary/aromatic N) is 1. The van der Waals surface area contributed by atoms with Crippen molar-refractivity contribution < 1.29 is 5.11 Å². The van der Waals surface area contributed by atoms with E-state index >= 15 is 0 Å². The zero-order valence-corrected chi connectivity index (χ0v) is 9.63. The first-order valence-corrected chi connectivity index (χ1v) is 5.77. The summed E-state index contributed by atoms with van der Waals surface area (Å²) in [6, 6.07) is 0. The van der Waals surface area contributed by atoms with Gasteiger partial charge in [0.05, 0.1) is 15.5 Å². The van der Waals surface area contributed by atoms with Crippen LogP contribution in [0.5, 0.6) is 0 Å². The Hall–Kier alpha value is -0.260. The number of thioether (sulfide) groups is 1. The van der Waals surface area contributed by atoms with Crippen LogP contribution in [0.2, 0.25) is 0 Å². The quantitative estimate of drug-likeness (QED) is 0.761. The molecule has 5 heteroatoms. The molecule has 3 N–H and O–H groups in total. The minimum atomic E-state index is -0.643. The third kappa shape index (κ3) is 3.54. The molecule has 0 aliphatic heterocycles. The van der Waals surface area contributed by atoms with Crippen LogP contribution in [0.15, 0.2) is 4.21 Å². The van der Waals surface area contributed by atoms with Gasteiger partial charge in [0.1, 0.15) is 0 Å². The van der Waals surface area contributed by atoms with Gasteiger partial charge in [-0.1, -0.05) is 11.3 Å². The van der Waals surface area contributed by atoms with Crippen LogP contribution in [0.3, 0.4) is 0 Å². The molecular weight excluding hydrogens is 204 g/mol. The number of thiazole rings is 1. The molecule has 0 atom stereocenters. The molecular formula is C8H14N2OS2. The highest BCUT2D eigenvalue weighted by Gasteiger charge is 2.15. The predicted octanol–water partition coefficient (Wildman–Crippen LogP) is 1.90. The molecule has 0 amide bonds. The maximum absolute atomic E-state index is 9.51. The van der Waals surface area contributed by atoms with Crippen LogP contribution in [0.4, 0.5) is 5.13 Å². The summed E-state index contributed by atoms with van der Waals surface area (Å²) in [6.45, 7) is 5.51. The lowest BCUT2D eigenvalue weighted by Crippen LogP contribution is -2.21. The van der Waals surface area contributed by atoms with E-state index in [-0.39, 0.29) is 0 Å². The second-order valence-electron chi connectivity index (χ2n) is 3.53. The summed E-state index contributed by atoms with van der Waals surface area (Å²) in [6.07, 6.45) is 0. The van der Waals surface area contributed by atoms with Gasteiger partial charge in [0, 0.05) is 5.75 Å². The zero-order valence-electron chi connectivity index (χ0n) is 8.00. The lowest BCUT2D eigenvalue weighted by molar-refractivity contribution is 0.107. The van der Waals surface area contributed by atoms with E-state index in [0.29, 0.717) is 10.9 Å². The van der Waals surface area contributed by atoms with Crippen LogP contribution in [0.25, 0.3) is 0 Å². The first-order chi connectivity index (χ1) is 5.88. The smallest absolute Gasteiger partial charge is 0.181 e. The van der Waals surface area contributed by atoms with Crippen molar-refractivity contribution in [2.24, 2.45) is 0 Å². The number of aromatic nitrogens is 1. The maximum Gasteiger partial charge on any atom is 0.181 e. The van der Waals surface area contributed by atoms with Crippen LogP contribution < -0.4 is 5.73 Å². The van der Waals surface area contributed by atoms with Gasteiger partial charge in [-0.2, -0.15) is 0 Å². The lowest BCUT2D eigenvalue weighted by Gasteiger charge is -2.15. The molecule has 0 radical (unpaired) electrons. The van der Waals surface area contributed by atoms with Crippen molar-refractivity contribution in [3.05, 3.63) is 5.69 Å². The molecule has 0 spiro atoms. The summed E-state index contributed by atoms with van der Waals surface area (Å²) < 4.78 is 1.10. The summed E-state index contributed by atoms with van der Waals surface area (Å²) in [7, 11) is 0. The van der Waals surface area contributed by atoms with Crippen molar-refractivity contribution in [2.75, 3.05) is 11.5 Å². The molecule has 1 aromatic rings. The molecule has 0 aromatic carbocycles. The number of anilines is 1. The van der Waals surface area contributed by atoms with Crippen molar-refractivity contribution in [2.45, 2.75) is 30.6 Å². The van der Waals surface area contributed by atoms with Gasteiger partial charge in [-0.05, 0) is 20.8 Å². The van der Waals surface area contributed by atoms with E-state index in [1.807, 2.05) is 6.92 Å². The average Bonchev–Trinajstić information content (AvgIpc) is 2.24. The molecule has 1 aromatic heterocycles. The Morgan fingerprint density at radius 3 is 2.62 bits per heavy atom. The van der Waals surface area contributed by atoms with Crippen molar-refractivity contribution in [3.63, 3.8) is 0 Å². The highest BCUT2D eigenvalue weighted by Crippen LogP contribution is 2.32. The van der Waals surface area contributed by atoms with Gasteiger partial charge < -0.3 is 10.8 Å². The fraction of sp³-hybridized carbons (Fsp3) is 0.625. The molecule has 0 unspecified atom stereocenters. The number of aliphatic hydroxyl groups is 1. The molecule has 0 saturated carbocycles. The largest absolute Gasteiger partial charge is 0.390 e. The molecule has 0 saturated heterocycles. The fourth-order valence-electron chi connectivity index (χ4n) is 0.779. The summed E-state index contributed by atoms with van der Waals surface area (Å²) in [5.41, 5.74) is 5.86. The van der Waals surface area contributed by atoms with Crippen LogP contribution in [-0.2, 0) is 0 Å². The molecule has 1 rings (SSSR count). The monoisotopic (exact) mass is 218 g/mol. The van der Waals surface area contributed by atoms with Crippen molar-refractivity contribution >= 4 is 28.2 Å².